The third-order valence-corrected chi connectivity index (χ3v) is 12.2. The summed E-state index contributed by atoms with van der Waals surface area (Å²) in [6.45, 7) is 7.66. The largest absolute Gasteiger partial charge is 0.481 e. The Kier molecular flexibility index (Phi) is 10.3. The summed E-state index contributed by atoms with van der Waals surface area (Å²) >= 11 is -4.23. The van der Waals surface area contributed by atoms with E-state index in [-0.39, 0.29) is 38.5 Å². The molecule has 0 saturated heterocycles. The van der Waals surface area contributed by atoms with Crippen molar-refractivity contribution >= 4 is 49.4 Å². The number of hydrogen-bond acceptors (Lipinski definition) is 6. The van der Waals surface area contributed by atoms with Crippen molar-refractivity contribution in [3.05, 3.63) is 0 Å². The summed E-state index contributed by atoms with van der Waals surface area (Å²) in [6, 6.07) is 0. The van der Waals surface area contributed by atoms with Crippen LogP contribution >= 0.6 is 0 Å². The van der Waals surface area contributed by atoms with Crippen molar-refractivity contribution in [1.82, 2.24) is 0 Å². The Bertz CT molecular complexity index is 614. The topological polar surface area (TPSA) is 163 Å². The van der Waals surface area contributed by atoms with E-state index < -0.39 is 62.2 Å². The van der Waals surface area contributed by atoms with Gasteiger partial charge in [0.15, 0.2) is 0 Å². The van der Waals surface area contributed by atoms with E-state index in [4.69, 9.17) is 0 Å². The van der Waals surface area contributed by atoms with E-state index in [0.29, 0.717) is 0 Å². The number of carbonyl (C=O) groups is 6. The van der Waals surface area contributed by atoms with Gasteiger partial charge in [0.05, 0.1) is 12.8 Å². The molecule has 174 valence electrons. The number of rotatable bonds is 15. The van der Waals surface area contributed by atoms with Crippen LogP contribution in [0, 0.1) is 0 Å². The van der Waals surface area contributed by atoms with Gasteiger partial charge in [-0.2, -0.15) is 0 Å². The molecule has 0 fully saturated rings. The first-order valence-corrected chi connectivity index (χ1v) is 12.2. The van der Waals surface area contributed by atoms with E-state index in [1.807, 2.05) is 0 Å². The van der Waals surface area contributed by atoms with E-state index >= 15 is 0 Å². The highest BCUT2D eigenvalue weighted by Crippen LogP contribution is 2.61. The molecule has 0 aliphatic heterocycles. The first-order valence-electron chi connectivity index (χ1n) is 10.4. The molecule has 0 aromatic rings. The summed E-state index contributed by atoms with van der Waals surface area (Å²) in [5.41, 5.74) is 0. The maximum Gasteiger partial charge on any atom is 0.369 e. The number of Topliss-reactive ketones (excluding diaryl/α,β-unsaturated/α-hetero) is 3. The van der Waals surface area contributed by atoms with Crippen LogP contribution in [0.4, 0.5) is 0 Å². The lowest BCUT2D eigenvalue weighted by molar-refractivity contribution is -0.147. The maximum atomic E-state index is 13.0. The van der Waals surface area contributed by atoms with Gasteiger partial charge in [0, 0.05) is 0 Å². The summed E-state index contributed by atoms with van der Waals surface area (Å²) in [5, 5.41) is 30.9. The second-order valence-electron chi connectivity index (χ2n) is 8.18. The number of ketones is 3. The number of carbonyl (C=O) groups excluding carboxylic acids is 3. The van der Waals surface area contributed by atoms with Gasteiger partial charge < -0.3 is 29.7 Å². The molecule has 0 aromatic heterocycles. The van der Waals surface area contributed by atoms with E-state index in [9.17, 15) is 44.1 Å². The first-order chi connectivity index (χ1) is 14.2. The van der Waals surface area contributed by atoms with Crippen molar-refractivity contribution in [1.29, 1.82) is 0 Å². The van der Waals surface area contributed by atoms with E-state index in [1.165, 1.54) is 0 Å². The van der Waals surface area contributed by atoms with Crippen LogP contribution in [0.3, 0.4) is 0 Å². The van der Waals surface area contributed by atoms with Gasteiger partial charge in [-0.15, -0.1) is 0 Å². The summed E-state index contributed by atoms with van der Waals surface area (Å²) < 4.78 is -7.27. The zero-order valence-electron chi connectivity index (χ0n) is 19.1. The molecule has 3 N–H and O–H groups in total. The zero-order valence-corrected chi connectivity index (χ0v) is 20.3. The highest BCUT2D eigenvalue weighted by Gasteiger charge is 2.76. The molecule has 0 aliphatic carbocycles. The van der Waals surface area contributed by atoms with Crippen LogP contribution in [0.1, 0.15) is 80.1 Å². The SMILES string of the molecule is CCC[C](C(C)=O)(C(=O)O)[Al]([C](CCC)(C(C)=O)C(=O)O)[C](CCC)(C(C)=O)C(=O)O. The van der Waals surface area contributed by atoms with Crippen molar-refractivity contribution in [2.75, 3.05) is 0 Å². The highest BCUT2D eigenvalue weighted by molar-refractivity contribution is 6.88. The fourth-order valence-corrected chi connectivity index (χ4v) is 11.4. The highest BCUT2D eigenvalue weighted by atomic mass is 27.2. The lowest BCUT2D eigenvalue weighted by Gasteiger charge is -2.48. The quantitative estimate of drug-likeness (QED) is 0.248. The van der Waals surface area contributed by atoms with Gasteiger partial charge in [-0.25, -0.2) is 0 Å². The molecule has 0 aliphatic rings. The minimum absolute atomic E-state index is 0.120. The van der Waals surface area contributed by atoms with Crippen LogP contribution in [0.25, 0.3) is 0 Å². The first kappa shape index (κ1) is 29.0. The lowest BCUT2D eigenvalue weighted by Crippen LogP contribution is -2.65. The summed E-state index contributed by atoms with van der Waals surface area (Å²) in [7, 11) is 0. The Morgan fingerprint density at radius 3 is 0.839 bits per heavy atom. The molecule has 3 atom stereocenters. The predicted molar refractivity (Wildman–Crippen MR) is 114 cm³/mol. The van der Waals surface area contributed by atoms with Crippen LogP contribution < -0.4 is 0 Å². The van der Waals surface area contributed by atoms with Crippen LogP contribution in [-0.2, 0) is 28.8 Å². The van der Waals surface area contributed by atoms with Crippen LogP contribution in [-0.4, -0.2) is 64.7 Å². The van der Waals surface area contributed by atoms with Crippen LogP contribution in [0.5, 0.6) is 0 Å². The van der Waals surface area contributed by atoms with Crippen molar-refractivity contribution in [3.8, 4) is 0 Å². The molecule has 0 heterocycles. The molecule has 0 amide bonds. The minimum atomic E-state index is -4.23. The summed E-state index contributed by atoms with van der Waals surface area (Å²) in [4.78, 5) is 77.0. The average molecular weight is 456 g/mol. The second-order valence-corrected chi connectivity index (χ2v) is 12.0. The van der Waals surface area contributed by atoms with Gasteiger partial charge in [-0.3, -0.25) is 14.4 Å². The molecular formula is C21H33AlO9. The molecule has 3 unspecified atom stereocenters. The van der Waals surface area contributed by atoms with Crippen molar-refractivity contribution in [2.24, 2.45) is 0 Å². The molecule has 0 spiro atoms. The average Bonchev–Trinajstić information content (AvgIpc) is 2.63. The van der Waals surface area contributed by atoms with Gasteiger partial charge >= 0.3 is 32.1 Å². The predicted octanol–water partition coefficient (Wildman–Crippen LogP) is 3.12. The molecule has 0 saturated carbocycles. The zero-order chi connectivity index (χ0) is 24.8. The summed E-state index contributed by atoms with van der Waals surface area (Å²) in [6.07, 6.45) is -0.704. The Morgan fingerprint density at radius 2 is 0.742 bits per heavy atom. The molecular weight excluding hydrogens is 423 g/mol. The van der Waals surface area contributed by atoms with Crippen molar-refractivity contribution in [2.45, 2.75) is 92.9 Å². The standard InChI is InChI=1S/3C7H11O3.Al/c3*1-3-4-6(5(2)8)7(9)10;/h3*3-4H2,1-2H3,(H,9,10);. The fraction of sp³-hybridized carbons (Fsp3) is 0.714. The third kappa shape index (κ3) is 4.60. The third-order valence-electron chi connectivity index (χ3n) is 6.44. The Morgan fingerprint density at radius 1 is 0.548 bits per heavy atom. The van der Waals surface area contributed by atoms with Gasteiger partial charge in [0.1, 0.15) is 17.3 Å². The molecule has 10 heteroatoms. The van der Waals surface area contributed by atoms with Gasteiger partial charge in [-0.05, 0) is 40.0 Å². The lowest BCUT2D eigenvalue weighted by atomic mass is 9.94. The number of carboxylic acid groups (broad SMARTS) is 3. The normalized spacial score (nSPS) is 16.8. The molecule has 0 aromatic carbocycles. The number of hydrogen-bond donors (Lipinski definition) is 3. The van der Waals surface area contributed by atoms with E-state index in [2.05, 4.69) is 0 Å². The van der Waals surface area contributed by atoms with E-state index in [1.54, 1.807) is 20.8 Å². The van der Waals surface area contributed by atoms with Crippen molar-refractivity contribution in [3.63, 3.8) is 0 Å². The van der Waals surface area contributed by atoms with Gasteiger partial charge in [0.25, 0.3) is 0 Å². The Labute approximate surface area is 186 Å². The van der Waals surface area contributed by atoms with Crippen LogP contribution in [0.2, 0.25) is 12.8 Å². The van der Waals surface area contributed by atoms with E-state index in [0.717, 1.165) is 20.8 Å². The molecule has 0 radical (unpaired) electrons. The van der Waals surface area contributed by atoms with Crippen molar-refractivity contribution < 1.29 is 44.1 Å². The maximum absolute atomic E-state index is 13.0. The Balaban J connectivity index is 8.17. The number of carboxylic acids is 3. The molecule has 31 heavy (non-hydrogen) atoms. The molecule has 0 bridgehead atoms. The molecule has 9 nitrogen and oxygen atoms in total. The van der Waals surface area contributed by atoms with Crippen LogP contribution in [0.15, 0.2) is 0 Å². The minimum Gasteiger partial charge on any atom is -0.481 e. The van der Waals surface area contributed by atoms with Gasteiger partial charge in [-0.1, -0.05) is 40.0 Å². The molecule has 0 rings (SSSR count). The van der Waals surface area contributed by atoms with Gasteiger partial charge in [0.2, 0.25) is 0 Å². The Hall–Kier alpha value is -2.05. The second kappa shape index (κ2) is 11.0. The summed E-state index contributed by atoms with van der Waals surface area (Å²) in [5.74, 6) is -7.81. The monoisotopic (exact) mass is 456 g/mol. The number of aliphatic carboxylic acids is 3. The smallest absolute Gasteiger partial charge is 0.369 e. The fourth-order valence-electron chi connectivity index (χ4n) is 5.16.